The average molecular weight is 387 g/mol. The van der Waals surface area contributed by atoms with Crippen LogP contribution in [0.4, 0.5) is 4.39 Å². The highest BCUT2D eigenvalue weighted by Gasteiger charge is 2.13. The van der Waals surface area contributed by atoms with Crippen LogP contribution in [-0.2, 0) is 6.42 Å². The molecule has 0 amide bonds. The van der Waals surface area contributed by atoms with Crippen LogP contribution in [0.3, 0.4) is 0 Å². The Morgan fingerprint density at radius 2 is 1.74 bits per heavy atom. The summed E-state index contributed by atoms with van der Waals surface area (Å²) in [6.07, 6.45) is 0.475. The zero-order valence-corrected chi connectivity index (χ0v) is 13.6. The van der Waals surface area contributed by atoms with Crippen LogP contribution in [-0.4, -0.2) is 0 Å². The van der Waals surface area contributed by atoms with Gasteiger partial charge in [-0.3, -0.25) is 0 Å². The van der Waals surface area contributed by atoms with Crippen LogP contribution in [0.2, 0.25) is 0 Å². The Morgan fingerprint density at radius 1 is 1.11 bits per heavy atom. The Morgan fingerprint density at radius 3 is 2.47 bits per heavy atom. The smallest absolute Gasteiger partial charge is 0.126 e. The van der Waals surface area contributed by atoms with Gasteiger partial charge in [-0.15, -0.1) is 0 Å². The van der Waals surface area contributed by atoms with E-state index in [2.05, 4.69) is 31.9 Å². The minimum Gasteiger partial charge on any atom is -0.324 e. The highest BCUT2D eigenvalue weighted by molar-refractivity contribution is 9.10. The van der Waals surface area contributed by atoms with E-state index >= 15 is 0 Å². The van der Waals surface area contributed by atoms with E-state index in [4.69, 9.17) is 5.73 Å². The van der Waals surface area contributed by atoms with E-state index in [1.54, 1.807) is 12.1 Å². The Labute approximate surface area is 129 Å². The molecule has 19 heavy (non-hydrogen) atoms. The molecule has 4 heteroatoms. The summed E-state index contributed by atoms with van der Waals surface area (Å²) in [7, 11) is 0. The standard InChI is InChI=1S/C15H14Br2FN/c1-9-2-3-12(17)8-13(9)15(19)7-10-6-11(16)4-5-14(10)18/h2-6,8,15H,7,19H2,1H3. The SMILES string of the molecule is Cc1ccc(Br)cc1C(N)Cc1cc(Br)ccc1F. The molecule has 0 aromatic heterocycles. The monoisotopic (exact) mass is 385 g/mol. The maximum absolute atomic E-state index is 13.7. The zero-order valence-electron chi connectivity index (χ0n) is 10.5. The Balaban J connectivity index is 2.27. The molecule has 0 saturated heterocycles. The van der Waals surface area contributed by atoms with Crippen molar-refractivity contribution in [3.63, 3.8) is 0 Å². The Hall–Kier alpha value is -0.710. The van der Waals surface area contributed by atoms with Gasteiger partial charge in [-0.25, -0.2) is 4.39 Å². The van der Waals surface area contributed by atoms with Gasteiger partial charge in [0.15, 0.2) is 0 Å². The first-order chi connectivity index (χ1) is 8.97. The van der Waals surface area contributed by atoms with E-state index in [0.29, 0.717) is 12.0 Å². The predicted octanol–water partition coefficient (Wildman–Crippen LogP) is 4.90. The van der Waals surface area contributed by atoms with Crippen LogP contribution >= 0.6 is 31.9 Å². The van der Waals surface area contributed by atoms with Crippen molar-refractivity contribution >= 4 is 31.9 Å². The first-order valence-electron chi connectivity index (χ1n) is 5.93. The second-order valence-electron chi connectivity index (χ2n) is 4.55. The van der Waals surface area contributed by atoms with Gasteiger partial charge in [0.2, 0.25) is 0 Å². The number of hydrogen-bond acceptors (Lipinski definition) is 1. The largest absolute Gasteiger partial charge is 0.324 e. The Kier molecular flexibility index (Phi) is 4.76. The van der Waals surface area contributed by atoms with Gasteiger partial charge in [0, 0.05) is 15.0 Å². The third-order valence-corrected chi connectivity index (χ3v) is 4.07. The van der Waals surface area contributed by atoms with Crippen molar-refractivity contribution < 1.29 is 4.39 Å². The van der Waals surface area contributed by atoms with Gasteiger partial charge < -0.3 is 5.73 Å². The molecule has 2 rings (SSSR count). The van der Waals surface area contributed by atoms with Crippen LogP contribution in [0.1, 0.15) is 22.7 Å². The summed E-state index contributed by atoms with van der Waals surface area (Å²) in [5.74, 6) is -0.216. The summed E-state index contributed by atoms with van der Waals surface area (Å²) in [6, 6.07) is 10.7. The second kappa shape index (κ2) is 6.16. The molecule has 0 heterocycles. The van der Waals surface area contributed by atoms with E-state index in [0.717, 1.165) is 20.1 Å². The van der Waals surface area contributed by atoms with E-state index in [-0.39, 0.29) is 11.9 Å². The second-order valence-corrected chi connectivity index (χ2v) is 6.38. The fourth-order valence-electron chi connectivity index (χ4n) is 2.06. The van der Waals surface area contributed by atoms with Crippen LogP contribution in [0.5, 0.6) is 0 Å². The number of nitrogens with two attached hydrogens (primary N) is 1. The molecule has 0 radical (unpaired) electrons. The highest BCUT2D eigenvalue weighted by atomic mass is 79.9. The molecule has 0 aliphatic carbocycles. The summed E-state index contributed by atoms with van der Waals surface area (Å²) in [5.41, 5.74) is 8.99. The molecule has 0 fully saturated rings. The van der Waals surface area contributed by atoms with Gasteiger partial charge in [0.1, 0.15) is 5.82 Å². The van der Waals surface area contributed by atoms with E-state index in [1.165, 1.54) is 6.07 Å². The maximum atomic E-state index is 13.7. The average Bonchev–Trinajstić information content (AvgIpc) is 2.36. The predicted molar refractivity (Wildman–Crippen MR) is 83.6 cm³/mol. The molecule has 1 nitrogen and oxygen atoms in total. The van der Waals surface area contributed by atoms with Crippen molar-refractivity contribution in [1.82, 2.24) is 0 Å². The first-order valence-corrected chi connectivity index (χ1v) is 7.51. The van der Waals surface area contributed by atoms with Crippen molar-refractivity contribution in [2.75, 3.05) is 0 Å². The third kappa shape index (κ3) is 3.65. The summed E-state index contributed by atoms with van der Waals surface area (Å²) < 4.78 is 15.6. The normalized spacial score (nSPS) is 12.5. The summed E-state index contributed by atoms with van der Waals surface area (Å²) in [4.78, 5) is 0. The summed E-state index contributed by atoms with van der Waals surface area (Å²) >= 11 is 6.79. The molecule has 0 bridgehead atoms. The first kappa shape index (κ1) is 14.7. The number of halogens is 3. The van der Waals surface area contributed by atoms with Crippen molar-refractivity contribution in [2.24, 2.45) is 5.73 Å². The number of rotatable bonds is 3. The molecule has 1 unspecified atom stereocenters. The molecule has 0 saturated carbocycles. The lowest BCUT2D eigenvalue weighted by molar-refractivity contribution is 0.592. The van der Waals surface area contributed by atoms with Crippen LogP contribution in [0.25, 0.3) is 0 Å². The number of benzene rings is 2. The fraction of sp³-hybridized carbons (Fsp3) is 0.200. The zero-order chi connectivity index (χ0) is 14.0. The highest BCUT2D eigenvalue weighted by Crippen LogP contribution is 2.25. The molecule has 0 spiro atoms. The molecule has 2 aromatic rings. The van der Waals surface area contributed by atoms with Crippen molar-refractivity contribution in [3.8, 4) is 0 Å². The minimum atomic E-state index is -0.221. The van der Waals surface area contributed by atoms with E-state index in [1.807, 2.05) is 25.1 Å². The van der Waals surface area contributed by atoms with Crippen molar-refractivity contribution in [3.05, 3.63) is 67.9 Å². The van der Waals surface area contributed by atoms with Crippen LogP contribution in [0, 0.1) is 12.7 Å². The lowest BCUT2D eigenvalue weighted by atomic mass is 9.96. The third-order valence-electron chi connectivity index (χ3n) is 3.09. The van der Waals surface area contributed by atoms with Gasteiger partial charge in [-0.2, -0.15) is 0 Å². The molecule has 0 aliphatic rings. The van der Waals surface area contributed by atoms with Gasteiger partial charge in [-0.05, 0) is 60.4 Å². The van der Waals surface area contributed by atoms with Crippen LogP contribution < -0.4 is 5.73 Å². The van der Waals surface area contributed by atoms with Crippen molar-refractivity contribution in [2.45, 2.75) is 19.4 Å². The fourth-order valence-corrected chi connectivity index (χ4v) is 2.84. The molecule has 100 valence electrons. The van der Waals surface area contributed by atoms with Crippen LogP contribution in [0.15, 0.2) is 45.3 Å². The lowest BCUT2D eigenvalue weighted by Crippen LogP contribution is -2.15. The number of aryl methyl sites for hydroxylation is 1. The van der Waals surface area contributed by atoms with E-state index < -0.39 is 0 Å². The van der Waals surface area contributed by atoms with Gasteiger partial charge >= 0.3 is 0 Å². The summed E-state index contributed by atoms with van der Waals surface area (Å²) in [6.45, 7) is 2.01. The maximum Gasteiger partial charge on any atom is 0.126 e. The van der Waals surface area contributed by atoms with Gasteiger partial charge in [-0.1, -0.05) is 37.9 Å². The van der Waals surface area contributed by atoms with E-state index in [9.17, 15) is 4.39 Å². The topological polar surface area (TPSA) is 26.0 Å². The quantitative estimate of drug-likeness (QED) is 0.797. The minimum absolute atomic E-state index is 0.216. The molecular formula is C15H14Br2FN. The molecule has 0 aliphatic heterocycles. The van der Waals surface area contributed by atoms with Gasteiger partial charge in [0.05, 0.1) is 0 Å². The molecule has 1 atom stereocenters. The van der Waals surface area contributed by atoms with Gasteiger partial charge in [0.25, 0.3) is 0 Å². The van der Waals surface area contributed by atoms with Crippen molar-refractivity contribution in [1.29, 1.82) is 0 Å². The summed E-state index contributed by atoms with van der Waals surface area (Å²) in [5, 5.41) is 0. The lowest BCUT2D eigenvalue weighted by Gasteiger charge is -2.16. The molecule has 2 aromatic carbocycles. The Bertz CT molecular complexity index is 599. The number of hydrogen-bond donors (Lipinski definition) is 1. The molecular weight excluding hydrogens is 373 g/mol. The molecule has 2 N–H and O–H groups in total.